The number of amides is 2. The molecule has 1 atom stereocenters. The van der Waals surface area contributed by atoms with E-state index in [1.54, 1.807) is 43.0 Å². The first-order valence-corrected chi connectivity index (χ1v) is 11.3. The van der Waals surface area contributed by atoms with E-state index >= 15 is 0 Å². The van der Waals surface area contributed by atoms with Gasteiger partial charge in [0.25, 0.3) is 0 Å². The number of benzene rings is 2. The number of para-hydroxylation sites is 1. The van der Waals surface area contributed by atoms with Crippen LogP contribution in [0.25, 0.3) is 0 Å². The number of anilines is 2. The van der Waals surface area contributed by atoms with Gasteiger partial charge in [-0.1, -0.05) is 24.3 Å². The van der Waals surface area contributed by atoms with Crippen LogP contribution in [0.15, 0.2) is 59.8 Å². The van der Waals surface area contributed by atoms with Crippen molar-refractivity contribution < 1.29 is 27.5 Å². The van der Waals surface area contributed by atoms with E-state index in [9.17, 15) is 22.8 Å². The Balaban J connectivity index is 1.79. The van der Waals surface area contributed by atoms with E-state index in [0.717, 1.165) is 6.07 Å². The molecule has 7 nitrogen and oxygen atoms in total. The maximum absolute atomic E-state index is 13.2. The monoisotopic (exact) mass is 506 g/mol. The SMILES string of the molecule is CCOC(=O)C1=C(C)N(CC)C(=S)NC1c1ccc(NC(=O)Nc2ccccc2C(F)(F)F)cc1. The average molecular weight is 507 g/mol. The van der Waals surface area contributed by atoms with E-state index in [1.165, 1.54) is 18.2 Å². The number of nitrogens with one attached hydrogen (secondary N) is 3. The summed E-state index contributed by atoms with van der Waals surface area (Å²) < 4.78 is 44.7. The van der Waals surface area contributed by atoms with Crippen molar-refractivity contribution in [1.29, 1.82) is 0 Å². The van der Waals surface area contributed by atoms with Crippen LogP contribution >= 0.6 is 12.2 Å². The first kappa shape index (κ1) is 26.0. The highest BCUT2D eigenvalue weighted by Crippen LogP contribution is 2.35. The van der Waals surface area contributed by atoms with Crippen molar-refractivity contribution in [3.05, 3.63) is 70.9 Å². The maximum Gasteiger partial charge on any atom is 0.418 e. The van der Waals surface area contributed by atoms with Crippen LogP contribution in [0.5, 0.6) is 0 Å². The molecule has 0 saturated heterocycles. The molecule has 1 aliphatic rings. The van der Waals surface area contributed by atoms with Gasteiger partial charge in [-0.3, -0.25) is 0 Å². The molecule has 2 aromatic carbocycles. The first-order chi connectivity index (χ1) is 16.6. The minimum absolute atomic E-state index is 0.217. The van der Waals surface area contributed by atoms with Crippen LogP contribution in [0, 0.1) is 0 Å². The molecule has 0 aromatic heterocycles. The Labute approximate surface area is 206 Å². The van der Waals surface area contributed by atoms with Crippen molar-refractivity contribution in [2.75, 3.05) is 23.8 Å². The minimum atomic E-state index is -4.60. The molecule has 2 amide bonds. The van der Waals surface area contributed by atoms with Gasteiger partial charge in [-0.05, 0) is 62.8 Å². The molecule has 0 radical (unpaired) electrons. The molecule has 1 aliphatic heterocycles. The van der Waals surface area contributed by atoms with Gasteiger partial charge in [0.05, 0.1) is 29.5 Å². The van der Waals surface area contributed by atoms with E-state index in [1.807, 2.05) is 6.92 Å². The summed E-state index contributed by atoms with van der Waals surface area (Å²) in [5, 5.41) is 8.37. The second-order valence-corrected chi connectivity index (χ2v) is 7.98. The Bertz CT molecular complexity index is 1150. The number of carbonyl (C=O) groups excluding carboxylic acids is 2. The number of allylic oxidation sites excluding steroid dienone is 1. The van der Waals surface area contributed by atoms with E-state index < -0.39 is 29.8 Å². The Kier molecular flexibility index (Phi) is 8.00. The molecule has 1 unspecified atom stereocenters. The summed E-state index contributed by atoms with van der Waals surface area (Å²) in [7, 11) is 0. The number of nitrogens with zero attached hydrogens (tertiary/aromatic N) is 1. The van der Waals surface area contributed by atoms with Gasteiger partial charge in [-0.15, -0.1) is 0 Å². The smallest absolute Gasteiger partial charge is 0.418 e. The Morgan fingerprint density at radius 2 is 1.74 bits per heavy atom. The molecular weight excluding hydrogens is 481 g/mol. The topological polar surface area (TPSA) is 82.7 Å². The van der Waals surface area contributed by atoms with Gasteiger partial charge in [-0.2, -0.15) is 13.2 Å². The highest BCUT2D eigenvalue weighted by Gasteiger charge is 2.35. The average Bonchev–Trinajstić information content (AvgIpc) is 2.79. The van der Waals surface area contributed by atoms with Crippen molar-refractivity contribution in [3.8, 4) is 0 Å². The molecule has 2 aromatic rings. The number of hydrogen-bond acceptors (Lipinski definition) is 4. The lowest BCUT2D eigenvalue weighted by Gasteiger charge is -2.37. The standard InChI is InChI=1S/C24H25F3N4O3S/c1-4-31-14(3)19(21(32)34-5-2)20(30-23(31)35)15-10-12-16(13-11-15)28-22(33)29-18-9-7-6-8-17(18)24(25,26)27/h6-13,20H,4-5H2,1-3H3,(H,30,35)(H2,28,29,33). The molecule has 3 rings (SSSR count). The summed E-state index contributed by atoms with van der Waals surface area (Å²) in [4.78, 5) is 26.8. The number of carbonyl (C=O) groups is 2. The molecule has 0 bridgehead atoms. The van der Waals surface area contributed by atoms with E-state index in [-0.39, 0.29) is 12.3 Å². The predicted octanol–water partition coefficient (Wildman–Crippen LogP) is 5.44. The first-order valence-electron chi connectivity index (χ1n) is 10.9. The predicted molar refractivity (Wildman–Crippen MR) is 131 cm³/mol. The lowest BCUT2D eigenvalue weighted by molar-refractivity contribution is -0.139. The fourth-order valence-corrected chi connectivity index (χ4v) is 4.15. The van der Waals surface area contributed by atoms with Gasteiger partial charge < -0.3 is 25.6 Å². The van der Waals surface area contributed by atoms with Crippen LogP contribution in [0.4, 0.5) is 29.3 Å². The third-order valence-electron chi connectivity index (χ3n) is 5.39. The number of ether oxygens (including phenoxy) is 1. The van der Waals surface area contributed by atoms with Crippen LogP contribution in [0.1, 0.15) is 37.9 Å². The van der Waals surface area contributed by atoms with Crippen LogP contribution in [-0.4, -0.2) is 35.2 Å². The van der Waals surface area contributed by atoms with Crippen molar-refractivity contribution >= 4 is 40.7 Å². The number of alkyl halides is 3. The van der Waals surface area contributed by atoms with Gasteiger partial charge in [0.2, 0.25) is 0 Å². The zero-order chi connectivity index (χ0) is 25.8. The third kappa shape index (κ3) is 5.91. The molecule has 11 heteroatoms. The quantitative estimate of drug-likeness (QED) is 0.358. The second kappa shape index (κ2) is 10.8. The zero-order valence-corrected chi connectivity index (χ0v) is 20.1. The molecule has 3 N–H and O–H groups in total. The van der Waals surface area contributed by atoms with Gasteiger partial charge in [-0.25, -0.2) is 9.59 Å². The van der Waals surface area contributed by atoms with Crippen molar-refractivity contribution in [1.82, 2.24) is 10.2 Å². The summed E-state index contributed by atoms with van der Waals surface area (Å²) in [6.07, 6.45) is -4.60. The van der Waals surface area contributed by atoms with E-state index in [4.69, 9.17) is 17.0 Å². The highest BCUT2D eigenvalue weighted by atomic mass is 32.1. The number of urea groups is 1. The lowest BCUT2D eigenvalue weighted by Crippen LogP contribution is -2.47. The Hall–Kier alpha value is -3.60. The highest BCUT2D eigenvalue weighted by molar-refractivity contribution is 7.80. The summed E-state index contributed by atoms with van der Waals surface area (Å²) >= 11 is 5.45. The number of esters is 1. The van der Waals surface area contributed by atoms with Crippen LogP contribution in [0.3, 0.4) is 0 Å². The van der Waals surface area contributed by atoms with Crippen LogP contribution < -0.4 is 16.0 Å². The largest absolute Gasteiger partial charge is 0.463 e. The number of hydrogen-bond donors (Lipinski definition) is 3. The fourth-order valence-electron chi connectivity index (χ4n) is 3.77. The van der Waals surface area contributed by atoms with Crippen molar-refractivity contribution in [2.45, 2.75) is 33.0 Å². The van der Waals surface area contributed by atoms with Crippen LogP contribution in [0.2, 0.25) is 0 Å². The van der Waals surface area contributed by atoms with Gasteiger partial charge in [0, 0.05) is 17.9 Å². The Morgan fingerprint density at radius 3 is 2.34 bits per heavy atom. The molecule has 35 heavy (non-hydrogen) atoms. The maximum atomic E-state index is 13.2. The number of thiocarbonyl (C=S) groups is 1. The molecule has 0 aliphatic carbocycles. The molecule has 0 fully saturated rings. The molecule has 0 saturated carbocycles. The Morgan fingerprint density at radius 1 is 1.09 bits per heavy atom. The summed E-state index contributed by atoms with van der Waals surface area (Å²) in [5.41, 5.74) is 0.851. The number of rotatable bonds is 6. The van der Waals surface area contributed by atoms with Gasteiger partial charge in [0.15, 0.2) is 5.11 Å². The van der Waals surface area contributed by atoms with E-state index in [0.29, 0.717) is 34.2 Å². The molecule has 0 spiro atoms. The minimum Gasteiger partial charge on any atom is -0.463 e. The summed E-state index contributed by atoms with van der Waals surface area (Å²) in [6, 6.07) is 9.86. The summed E-state index contributed by atoms with van der Waals surface area (Å²) in [6.45, 7) is 6.23. The summed E-state index contributed by atoms with van der Waals surface area (Å²) in [5.74, 6) is -0.464. The second-order valence-electron chi connectivity index (χ2n) is 7.59. The van der Waals surface area contributed by atoms with Gasteiger partial charge in [0.1, 0.15) is 0 Å². The zero-order valence-electron chi connectivity index (χ0n) is 19.3. The normalized spacial score (nSPS) is 16.0. The third-order valence-corrected chi connectivity index (χ3v) is 5.73. The molecule has 1 heterocycles. The van der Waals surface area contributed by atoms with Crippen molar-refractivity contribution in [2.24, 2.45) is 0 Å². The lowest BCUT2D eigenvalue weighted by atomic mass is 9.95. The molecular formula is C24H25F3N4O3S. The fraction of sp³-hybridized carbons (Fsp3) is 0.292. The van der Waals surface area contributed by atoms with E-state index in [2.05, 4.69) is 16.0 Å². The number of halogens is 3. The molecule has 186 valence electrons. The van der Waals surface area contributed by atoms with Gasteiger partial charge >= 0.3 is 18.2 Å². The van der Waals surface area contributed by atoms with Crippen molar-refractivity contribution in [3.63, 3.8) is 0 Å². The van der Waals surface area contributed by atoms with Crippen LogP contribution in [-0.2, 0) is 15.7 Å².